The summed E-state index contributed by atoms with van der Waals surface area (Å²) in [5.74, 6) is 1.04. The van der Waals surface area contributed by atoms with Crippen molar-refractivity contribution in [2.75, 3.05) is 0 Å². The Kier molecular flexibility index (Phi) is 24.0. The molecule has 1 atom stereocenters. The van der Waals surface area contributed by atoms with Crippen molar-refractivity contribution in [1.82, 2.24) is 0 Å². The van der Waals surface area contributed by atoms with E-state index < -0.39 is 0 Å². The van der Waals surface area contributed by atoms with Crippen LogP contribution in [0.1, 0.15) is 168 Å². The molecule has 0 spiro atoms. The van der Waals surface area contributed by atoms with Gasteiger partial charge in [0, 0.05) is 0 Å². The minimum absolute atomic E-state index is 1.04. The van der Waals surface area contributed by atoms with E-state index in [4.69, 9.17) is 0 Å². The van der Waals surface area contributed by atoms with E-state index in [0.29, 0.717) is 0 Å². The lowest BCUT2D eigenvalue weighted by Crippen LogP contribution is -2.01. The Morgan fingerprint density at radius 1 is 0.296 bits per heavy atom. The van der Waals surface area contributed by atoms with Crippen molar-refractivity contribution in [2.24, 2.45) is 5.92 Å². The zero-order chi connectivity index (χ0) is 19.8. The first-order valence-corrected chi connectivity index (χ1v) is 13.3. The lowest BCUT2D eigenvalue weighted by atomic mass is 9.89. The average Bonchev–Trinajstić information content (AvgIpc) is 2.68. The largest absolute Gasteiger partial charge is 0.0654 e. The van der Waals surface area contributed by atoms with Gasteiger partial charge in [-0.2, -0.15) is 0 Å². The van der Waals surface area contributed by atoms with Crippen molar-refractivity contribution in [2.45, 2.75) is 168 Å². The molecule has 0 heteroatoms. The summed E-state index contributed by atoms with van der Waals surface area (Å²) in [6.07, 6.45) is 33.8. The second-order valence-corrected chi connectivity index (χ2v) is 9.24. The van der Waals surface area contributed by atoms with Crippen molar-refractivity contribution < 1.29 is 0 Å². The maximum atomic E-state index is 2.32. The Balaban J connectivity index is 3.73. The van der Waals surface area contributed by atoms with Gasteiger partial charge in [0.2, 0.25) is 0 Å². The second kappa shape index (κ2) is 24.0. The molecule has 27 heavy (non-hydrogen) atoms. The highest BCUT2D eigenvalue weighted by molar-refractivity contribution is 4.62. The fourth-order valence-electron chi connectivity index (χ4n) is 4.43. The van der Waals surface area contributed by atoms with Crippen LogP contribution in [0.2, 0.25) is 0 Å². The van der Waals surface area contributed by atoms with Crippen molar-refractivity contribution in [3.8, 4) is 0 Å². The van der Waals surface area contributed by atoms with Crippen molar-refractivity contribution in [3.05, 3.63) is 0 Å². The fraction of sp³-hybridized carbons (Fsp3) is 1.00. The van der Waals surface area contributed by atoms with Crippen LogP contribution in [-0.4, -0.2) is 0 Å². The van der Waals surface area contributed by atoms with Gasteiger partial charge in [-0.1, -0.05) is 168 Å². The van der Waals surface area contributed by atoms with Crippen LogP contribution in [0.5, 0.6) is 0 Å². The third-order valence-electron chi connectivity index (χ3n) is 6.40. The third kappa shape index (κ3) is 22.2. The topological polar surface area (TPSA) is 0 Å². The zero-order valence-electron chi connectivity index (χ0n) is 19.8. The molecule has 0 saturated heterocycles. The molecule has 164 valence electrons. The highest BCUT2D eigenvalue weighted by Gasteiger charge is 2.08. The number of rotatable bonds is 23. The maximum Gasteiger partial charge on any atom is -0.0414 e. The summed E-state index contributed by atoms with van der Waals surface area (Å²) in [6, 6.07) is 0. The van der Waals surface area contributed by atoms with Gasteiger partial charge in [0.25, 0.3) is 0 Å². The first-order valence-electron chi connectivity index (χ1n) is 13.3. The van der Waals surface area contributed by atoms with Crippen LogP contribution in [0.25, 0.3) is 0 Å². The molecule has 1 unspecified atom stereocenters. The molecule has 0 nitrogen and oxygen atoms in total. The Morgan fingerprint density at radius 2 is 0.519 bits per heavy atom. The molecule has 0 aliphatic rings. The van der Waals surface area contributed by atoms with E-state index in [-0.39, 0.29) is 0 Å². The normalized spacial score (nSPS) is 12.6. The average molecular weight is 381 g/mol. The molecule has 0 N–H and O–H groups in total. The van der Waals surface area contributed by atoms with Crippen LogP contribution in [0.4, 0.5) is 0 Å². The molecular weight excluding hydrogens is 324 g/mol. The standard InChI is InChI=1S/C27H56/c1-4-7-10-13-15-16-17-20-23-26-27(24-21-18-12-9-6-3)25-22-19-14-11-8-5-2/h27H,4-26H2,1-3H3. The van der Waals surface area contributed by atoms with Crippen LogP contribution in [-0.2, 0) is 0 Å². The number of hydrogen-bond donors (Lipinski definition) is 0. The van der Waals surface area contributed by atoms with Crippen LogP contribution < -0.4 is 0 Å². The summed E-state index contributed by atoms with van der Waals surface area (Å²) in [5.41, 5.74) is 0. The molecule has 0 rings (SSSR count). The predicted molar refractivity (Wildman–Crippen MR) is 127 cm³/mol. The molecule has 0 heterocycles. The summed E-state index contributed by atoms with van der Waals surface area (Å²) in [6.45, 7) is 6.95. The molecule has 0 radical (unpaired) electrons. The summed E-state index contributed by atoms with van der Waals surface area (Å²) in [7, 11) is 0. The Morgan fingerprint density at radius 3 is 0.778 bits per heavy atom. The van der Waals surface area contributed by atoms with Gasteiger partial charge in [-0.25, -0.2) is 0 Å². The molecule has 0 amide bonds. The zero-order valence-corrected chi connectivity index (χ0v) is 19.8. The van der Waals surface area contributed by atoms with Crippen molar-refractivity contribution in [3.63, 3.8) is 0 Å². The molecule has 0 fully saturated rings. The molecule has 0 aliphatic heterocycles. The first kappa shape index (κ1) is 27.0. The van der Waals surface area contributed by atoms with Gasteiger partial charge in [0.15, 0.2) is 0 Å². The molecule has 0 saturated carbocycles. The van der Waals surface area contributed by atoms with Gasteiger partial charge in [-0.05, 0) is 5.92 Å². The van der Waals surface area contributed by atoms with Crippen LogP contribution in [0, 0.1) is 5.92 Å². The van der Waals surface area contributed by atoms with Gasteiger partial charge in [-0.15, -0.1) is 0 Å². The summed E-state index contributed by atoms with van der Waals surface area (Å²) in [4.78, 5) is 0. The molecule has 0 aromatic carbocycles. The summed E-state index contributed by atoms with van der Waals surface area (Å²) < 4.78 is 0. The Hall–Kier alpha value is 0. The lowest BCUT2D eigenvalue weighted by molar-refractivity contribution is 0.365. The molecule has 0 aromatic rings. The molecule has 0 aromatic heterocycles. The van der Waals surface area contributed by atoms with E-state index in [1.807, 2.05) is 0 Å². The van der Waals surface area contributed by atoms with Gasteiger partial charge in [0.1, 0.15) is 0 Å². The minimum Gasteiger partial charge on any atom is -0.0654 e. The summed E-state index contributed by atoms with van der Waals surface area (Å²) >= 11 is 0. The van der Waals surface area contributed by atoms with E-state index in [1.165, 1.54) is 148 Å². The molecule has 0 aliphatic carbocycles. The van der Waals surface area contributed by atoms with Gasteiger partial charge >= 0.3 is 0 Å². The third-order valence-corrected chi connectivity index (χ3v) is 6.40. The van der Waals surface area contributed by atoms with Crippen LogP contribution in [0.15, 0.2) is 0 Å². The van der Waals surface area contributed by atoms with E-state index >= 15 is 0 Å². The van der Waals surface area contributed by atoms with E-state index in [1.54, 1.807) is 0 Å². The first-order chi connectivity index (χ1) is 13.3. The van der Waals surface area contributed by atoms with Crippen molar-refractivity contribution in [1.29, 1.82) is 0 Å². The number of unbranched alkanes of at least 4 members (excludes halogenated alkanes) is 17. The van der Waals surface area contributed by atoms with E-state index in [0.717, 1.165) is 5.92 Å². The highest BCUT2D eigenvalue weighted by atomic mass is 14.1. The SMILES string of the molecule is CCCCCCCCCCCC(CCCCCCC)CCCCCCCC. The van der Waals surface area contributed by atoms with Gasteiger partial charge in [-0.3, -0.25) is 0 Å². The summed E-state index contributed by atoms with van der Waals surface area (Å²) in [5, 5.41) is 0. The van der Waals surface area contributed by atoms with Gasteiger partial charge in [0.05, 0.1) is 0 Å². The quantitative estimate of drug-likeness (QED) is 0.155. The second-order valence-electron chi connectivity index (χ2n) is 9.24. The molecule has 0 bridgehead atoms. The minimum atomic E-state index is 1.04. The van der Waals surface area contributed by atoms with Gasteiger partial charge < -0.3 is 0 Å². The monoisotopic (exact) mass is 380 g/mol. The highest BCUT2D eigenvalue weighted by Crippen LogP contribution is 2.24. The Labute approximate surface area is 174 Å². The van der Waals surface area contributed by atoms with E-state index in [9.17, 15) is 0 Å². The predicted octanol–water partition coefficient (Wildman–Crippen LogP) is 10.6. The smallest absolute Gasteiger partial charge is 0.0414 e. The lowest BCUT2D eigenvalue weighted by Gasteiger charge is -2.17. The van der Waals surface area contributed by atoms with E-state index in [2.05, 4.69) is 20.8 Å². The fourth-order valence-corrected chi connectivity index (χ4v) is 4.43. The molecular formula is C27H56. The van der Waals surface area contributed by atoms with Crippen LogP contribution in [0.3, 0.4) is 0 Å². The maximum absolute atomic E-state index is 2.32. The van der Waals surface area contributed by atoms with Crippen molar-refractivity contribution >= 4 is 0 Å². The number of hydrogen-bond acceptors (Lipinski definition) is 0. The van der Waals surface area contributed by atoms with Crippen LogP contribution >= 0.6 is 0 Å². The Bertz CT molecular complexity index is 244.